The molecule has 1 rings (SSSR count). The highest BCUT2D eigenvalue weighted by Gasteiger charge is 2.25. The third-order valence-corrected chi connectivity index (χ3v) is 3.48. The summed E-state index contributed by atoms with van der Waals surface area (Å²) in [6.45, 7) is 8.24. The van der Waals surface area contributed by atoms with E-state index in [-0.39, 0.29) is 18.0 Å². The molecule has 0 N–H and O–H groups in total. The molecule has 0 aliphatic carbocycles. The van der Waals surface area contributed by atoms with Crippen molar-refractivity contribution in [1.29, 1.82) is 5.26 Å². The zero-order chi connectivity index (χ0) is 14.4. The van der Waals surface area contributed by atoms with Gasteiger partial charge in [-0.1, -0.05) is 13.8 Å². The summed E-state index contributed by atoms with van der Waals surface area (Å²) in [7, 11) is 0. The van der Waals surface area contributed by atoms with Gasteiger partial charge in [0.1, 0.15) is 11.8 Å². The first-order chi connectivity index (χ1) is 9.04. The van der Waals surface area contributed by atoms with Crippen LogP contribution in [0, 0.1) is 11.3 Å². The molecule has 0 bridgehead atoms. The lowest BCUT2D eigenvalue weighted by molar-refractivity contribution is 0.0592. The standard InChI is InChI=1S/C15H21N3O/c1-5-11(3)18(12(4)6-2)15(19)14-8-7-13(9-16)10-17-14/h7-8,10-12H,5-6H2,1-4H3/t11-,12-/m1/s1. The van der Waals surface area contributed by atoms with E-state index in [1.54, 1.807) is 12.1 Å². The van der Waals surface area contributed by atoms with Crippen LogP contribution in [0.25, 0.3) is 0 Å². The highest BCUT2D eigenvalue weighted by molar-refractivity contribution is 5.92. The molecule has 0 saturated heterocycles. The summed E-state index contributed by atoms with van der Waals surface area (Å²) < 4.78 is 0. The van der Waals surface area contributed by atoms with E-state index < -0.39 is 0 Å². The van der Waals surface area contributed by atoms with Crippen LogP contribution in [0.1, 0.15) is 56.6 Å². The molecule has 102 valence electrons. The fourth-order valence-electron chi connectivity index (χ4n) is 1.95. The van der Waals surface area contributed by atoms with Gasteiger partial charge in [-0.15, -0.1) is 0 Å². The summed E-state index contributed by atoms with van der Waals surface area (Å²) in [5, 5.41) is 8.74. The molecule has 0 aliphatic rings. The van der Waals surface area contributed by atoms with Crippen molar-refractivity contribution in [3.8, 4) is 6.07 Å². The van der Waals surface area contributed by atoms with Gasteiger partial charge in [0.05, 0.1) is 5.56 Å². The maximum absolute atomic E-state index is 12.5. The molecule has 1 heterocycles. The van der Waals surface area contributed by atoms with E-state index in [2.05, 4.69) is 18.8 Å². The van der Waals surface area contributed by atoms with Crippen LogP contribution in [-0.2, 0) is 0 Å². The molecule has 19 heavy (non-hydrogen) atoms. The molecule has 0 radical (unpaired) electrons. The van der Waals surface area contributed by atoms with E-state index in [0.717, 1.165) is 12.8 Å². The van der Waals surface area contributed by atoms with Gasteiger partial charge < -0.3 is 4.90 Å². The van der Waals surface area contributed by atoms with E-state index in [9.17, 15) is 4.79 Å². The molecular weight excluding hydrogens is 238 g/mol. The van der Waals surface area contributed by atoms with Crippen LogP contribution < -0.4 is 0 Å². The van der Waals surface area contributed by atoms with Crippen LogP contribution in [0.2, 0.25) is 0 Å². The van der Waals surface area contributed by atoms with Crippen LogP contribution >= 0.6 is 0 Å². The van der Waals surface area contributed by atoms with Crippen molar-refractivity contribution in [2.45, 2.75) is 52.6 Å². The monoisotopic (exact) mass is 259 g/mol. The van der Waals surface area contributed by atoms with Crippen LogP contribution in [0.4, 0.5) is 0 Å². The van der Waals surface area contributed by atoms with E-state index in [1.807, 2.05) is 24.8 Å². The summed E-state index contributed by atoms with van der Waals surface area (Å²) in [5.41, 5.74) is 0.870. The van der Waals surface area contributed by atoms with Gasteiger partial charge in [-0.2, -0.15) is 5.26 Å². The average molecular weight is 259 g/mol. The second kappa shape index (κ2) is 6.89. The molecule has 0 aliphatic heterocycles. The number of amides is 1. The van der Waals surface area contributed by atoms with Gasteiger partial charge in [0.25, 0.3) is 5.91 Å². The Balaban J connectivity index is 3.01. The first kappa shape index (κ1) is 15.2. The topological polar surface area (TPSA) is 57.0 Å². The minimum absolute atomic E-state index is 0.0619. The predicted octanol–water partition coefficient (Wildman–Crippen LogP) is 2.99. The lowest BCUT2D eigenvalue weighted by Gasteiger charge is -2.33. The molecule has 4 heteroatoms. The largest absolute Gasteiger partial charge is 0.332 e. The van der Waals surface area contributed by atoms with Crippen molar-refractivity contribution in [2.24, 2.45) is 0 Å². The summed E-state index contributed by atoms with van der Waals surface area (Å²) >= 11 is 0. The lowest BCUT2D eigenvalue weighted by Crippen LogP contribution is -2.44. The van der Waals surface area contributed by atoms with Gasteiger partial charge >= 0.3 is 0 Å². The van der Waals surface area contributed by atoms with Gasteiger partial charge in [-0.05, 0) is 38.8 Å². The summed E-state index contributed by atoms with van der Waals surface area (Å²) in [6.07, 6.45) is 3.26. The van der Waals surface area contributed by atoms with Crippen molar-refractivity contribution in [1.82, 2.24) is 9.88 Å². The smallest absolute Gasteiger partial charge is 0.272 e. The zero-order valence-corrected chi connectivity index (χ0v) is 12.1. The quantitative estimate of drug-likeness (QED) is 0.816. The van der Waals surface area contributed by atoms with E-state index in [1.165, 1.54) is 6.20 Å². The Bertz CT molecular complexity index is 451. The van der Waals surface area contributed by atoms with Gasteiger partial charge in [-0.3, -0.25) is 4.79 Å². The van der Waals surface area contributed by atoms with Crippen LogP contribution in [0.5, 0.6) is 0 Å². The molecule has 0 aromatic carbocycles. The number of carbonyl (C=O) groups is 1. The van der Waals surface area contributed by atoms with Crippen LogP contribution in [0.15, 0.2) is 18.3 Å². The summed E-state index contributed by atoms with van der Waals surface area (Å²) in [4.78, 5) is 18.5. The Kier molecular flexibility index (Phi) is 5.50. The summed E-state index contributed by atoms with van der Waals surface area (Å²) in [5.74, 6) is -0.0619. The van der Waals surface area contributed by atoms with Crippen molar-refractivity contribution in [3.63, 3.8) is 0 Å². The summed E-state index contributed by atoms with van der Waals surface area (Å²) in [6, 6.07) is 5.62. The van der Waals surface area contributed by atoms with E-state index in [4.69, 9.17) is 5.26 Å². The number of nitrogens with zero attached hydrogens (tertiary/aromatic N) is 3. The highest BCUT2D eigenvalue weighted by atomic mass is 16.2. The Morgan fingerprint density at radius 3 is 2.26 bits per heavy atom. The molecule has 0 saturated carbocycles. The van der Waals surface area contributed by atoms with Gasteiger partial charge in [0, 0.05) is 18.3 Å². The Hall–Kier alpha value is -1.89. The fraction of sp³-hybridized carbons (Fsp3) is 0.533. The number of aromatic nitrogens is 1. The van der Waals surface area contributed by atoms with Crippen molar-refractivity contribution in [2.75, 3.05) is 0 Å². The third kappa shape index (κ3) is 3.54. The van der Waals surface area contributed by atoms with Crippen LogP contribution in [-0.4, -0.2) is 27.9 Å². The molecule has 1 aromatic heterocycles. The molecule has 1 aromatic rings. The molecule has 2 atom stereocenters. The minimum Gasteiger partial charge on any atom is -0.332 e. The number of hydrogen-bond acceptors (Lipinski definition) is 3. The fourth-order valence-corrected chi connectivity index (χ4v) is 1.95. The second-order valence-corrected chi connectivity index (χ2v) is 4.77. The third-order valence-electron chi connectivity index (χ3n) is 3.48. The van der Waals surface area contributed by atoms with Crippen molar-refractivity contribution in [3.05, 3.63) is 29.6 Å². The molecule has 0 spiro atoms. The minimum atomic E-state index is -0.0619. The maximum Gasteiger partial charge on any atom is 0.272 e. The van der Waals surface area contributed by atoms with Gasteiger partial charge in [-0.25, -0.2) is 4.98 Å². The van der Waals surface area contributed by atoms with E-state index >= 15 is 0 Å². The van der Waals surface area contributed by atoms with Gasteiger partial charge in [0.15, 0.2) is 0 Å². The lowest BCUT2D eigenvalue weighted by atomic mass is 10.1. The van der Waals surface area contributed by atoms with Gasteiger partial charge in [0.2, 0.25) is 0 Å². The number of pyridine rings is 1. The number of rotatable bonds is 5. The van der Waals surface area contributed by atoms with Crippen molar-refractivity contribution < 1.29 is 4.79 Å². The van der Waals surface area contributed by atoms with E-state index in [0.29, 0.717) is 11.3 Å². The van der Waals surface area contributed by atoms with Crippen molar-refractivity contribution >= 4 is 5.91 Å². The molecular formula is C15H21N3O. The SMILES string of the molecule is CC[C@@H](C)N(C(=O)c1ccc(C#N)cn1)[C@H](C)CC. The molecule has 0 fully saturated rings. The first-order valence-corrected chi connectivity index (χ1v) is 6.73. The average Bonchev–Trinajstić information content (AvgIpc) is 2.46. The number of carbonyl (C=O) groups excluding carboxylic acids is 1. The molecule has 4 nitrogen and oxygen atoms in total. The number of nitriles is 1. The Morgan fingerprint density at radius 1 is 1.32 bits per heavy atom. The zero-order valence-electron chi connectivity index (χ0n) is 12.1. The maximum atomic E-state index is 12.5. The Labute approximate surface area is 115 Å². The molecule has 1 amide bonds. The molecule has 0 unspecified atom stereocenters. The highest BCUT2D eigenvalue weighted by Crippen LogP contribution is 2.15. The Morgan fingerprint density at radius 2 is 1.89 bits per heavy atom. The first-order valence-electron chi connectivity index (χ1n) is 6.73. The predicted molar refractivity (Wildman–Crippen MR) is 74.6 cm³/mol. The van der Waals surface area contributed by atoms with Crippen LogP contribution in [0.3, 0.4) is 0 Å². The normalized spacial score (nSPS) is 13.4. The number of hydrogen-bond donors (Lipinski definition) is 0. The second-order valence-electron chi connectivity index (χ2n) is 4.77.